The zero-order chi connectivity index (χ0) is 17.4. The third-order valence-electron chi connectivity index (χ3n) is 3.04. The molecule has 1 atom stereocenters. The lowest BCUT2D eigenvalue weighted by Gasteiger charge is -2.16. The van der Waals surface area contributed by atoms with Gasteiger partial charge in [-0.15, -0.1) is 0 Å². The molecular weight excluding hydrogens is 308 g/mol. The number of amides is 2. The molecule has 0 unspecified atom stereocenters. The van der Waals surface area contributed by atoms with Gasteiger partial charge < -0.3 is 20.1 Å². The van der Waals surface area contributed by atoms with Crippen LogP contribution in [0.15, 0.2) is 48.7 Å². The van der Waals surface area contributed by atoms with E-state index in [0.29, 0.717) is 23.8 Å². The normalized spacial score (nSPS) is 11.8. The summed E-state index contributed by atoms with van der Waals surface area (Å²) >= 11 is 0. The minimum Gasteiger partial charge on any atom is -0.491 e. The van der Waals surface area contributed by atoms with Crippen LogP contribution in [0.25, 0.3) is 0 Å². The van der Waals surface area contributed by atoms with Gasteiger partial charge in [0.15, 0.2) is 0 Å². The van der Waals surface area contributed by atoms with E-state index in [9.17, 15) is 9.90 Å². The number of likely N-dealkylation sites (N-methyl/N-ethyl adjacent to an activating group) is 1. The van der Waals surface area contributed by atoms with Crippen molar-refractivity contribution >= 4 is 17.5 Å². The Morgan fingerprint density at radius 1 is 1.21 bits per heavy atom. The summed E-state index contributed by atoms with van der Waals surface area (Å²) in [5.74, 6) is 1.10. The maximum atomic E-state index is 11.9. The maximum Gasteiger partial charge on any atom is 0.324 e. The highest BCUT2D eigenvalue weighted by Gasteiger charge is 2.07. The molecule has 2 aromatic rings. The molecule has 24 heavy (non-hydrogen) atoms. The summed E-state index contributed by atoms with van der Waals surface area (Å²) in [7, 11) is 3.78. The van der Waals surface area contributed by atoms with Crippen LogP contribution in [0.4, 0.5) is 16.3 Å². The summed E-state index contributed by atoms with van der Waals surface area (Å²) in [6, 6.07) is 11.8. The Bertz CT molecular complexity index is 632. The van der Waals surface area contributed by atoms with E-state index in [2.05, 4.69) is 15.6 Å². The van der Waals surface area contributed by atoms with E-state index in [1.165, 1.54) is 0 Å². The van der Waals surface area contributed by atoms with Gasteiger partial charge in [-0.1, -0.05) is 6.07 Å². The molecule has 0 aliphatic carbocycles. The first-order chi connectivity index (χ1) is 11.5. The third-order valence-corrected chi connectivity index (χ3v) is 3.04. The predicted octanol–water partition coefficient (Wildman–Crippen LogP) is 2.03. The van der Waals surface area contributed by atoms with Gasteiger partial charge in [-0.3, -0.25) is 5.32 Å². The monoisotopic (exact) mass is 330 g/mol. The highest BCUT2D eigenvalue weighted by molar-refractivity contribution is 5.99. The number of carbonyl (C=O) groups excluding carboxylic acids is 1. The van der Waals surface area contributed by atoms with Gasteiger partial charge in [0.1, 0.15) is 24.3 Å². The van der Waals surface area contributed by atoms with Gasteiger partial charge in [0.05, 0.1) is 0 Å². The minimum atomic E-state index is -0.554. The summed E-state index contributed by atoms with van der Waals surface area (Å²) in [6.45, 7) is 0.748. The molecule has 1 heterocycles. The first kappa shape index (κ1) is 17.7. The van der Waals surface area contributed by atoms with Gasteiger partial charge in [-0.2, -0.15) is 0 Å². The number of anilines is 2. The number of nitrogens with zero attached hydrogens (tertiary/aromatic N) is 2. The van der Waals surface area contributed by atoms with E-state index in [0.717, 1.165) is 0 Å². The van der Waals surface area contributed by atoms with Crippen molar-refractivity contribution in [1.29, 1.82) is 0 Å². The molecule has 2 rings (SSSR count). The number of benzene rings is 1. The van der Waals surface area contributed by atoms with Crippen LogP contribution < -0.4 is 15.4 Å². The Morgan fingerprint density at radius 2 is 1.96 bits per heavy atom. The Hall–Kier alpha value is -2.64. The van der Waals surface area contributed by atoms with Crippen LogP contribution in [0.2, 0.25) is 0 Å². The van der Waals surface area contributed by atoms with Crippen LogP contribution in [0.5, 0.6) is 5.75 Å². The summed E-state index contributed by atoms with van der Waals surface area (Å²) in [4.78, 5) is 17.8. The minimum absolute atomic E-state index is 0.213. The summed E-state index contributed by atoms with van der Waals surface area (Å²) < 4.78 is 5.51. The van der Waals surface area contributed by atoms with Crippen LogP contribution in [0.3, 0.4) is 0 Å². The van der Waals surface area contributed by atoms with Gasteiger partial charge in [0.2, 0.25) is 0 Å². The second-order valence-corrected chi connectivity index (χ2v) is 5.55. The molecule has 0 saturated carbocycles. The molecule has 0 aliphatic rings. The Labute approximate surface area is 141 Å². The first-order valence-corrected chi connectivity index (χ1v) is 7.57. The number of aliphatic hydroxyl groups excluding tert-OH is 1. The quantitative estimate of drug-likeness (QED) is 0.723. The second kappa shape index (κ2) is 8.85. The second-order valence-electron chi connectivity index (χ2n) is 5.55. The molecule has 7 nitrogen and oxygen atoms in total. The van der Waals surface area contributed by atoms with Gasteiger partial charge in [-0.25, -0.2) is 9.78 Å². The van der Waals surface area contributed by atoms with Crippen LogP contribution in [0, 0.1) is 0 Å². The van der Waals surface area contributed by atoms with Crippen molar-refractivity contribution in [1.82, 2.24) is 9.88 Å². The molecule has 1 aromatic heterocycles. The van der Waals surface area contributed by atoms with Crippen molar-refractivity contribution < 1.29 is 14.6 Å². The zero-order valence-corrected chi connectivity index (χ0v) is 13.8. The largest absolute Gasteiger partial charge is 0.491 e. The van der Waals surface area contributed by atoms with Crippen LogP contribution in [-0.4, -0.2) is 54.4 Å². The standard InChI is InChI=1S/C17H22N4O3/c1-21(2)11-14(22)12-24-15-8-6-13(7-9-15)19-17(23)20-16-5-3-4-10-18-16/h3-10,14,22H,11-12H2,1-2H3,(H2,18,19,20,23)/t14-/m0/s1. The van der Waals surface area contributed by atoms with E-state index < -0.39 is 6.10 Å². The molecule has 0 bridgehead atoms. The maximum absolute atomic E-state index is 11.9. The number of aliphatic hydroxyl groups is 1. The number of nitrogens with one attached hydrogen (secondary N) is 2. The van der Waals surface area contributed by atoms with Crippen molar-refractivity contribution in [3.05, 3.63) is 48.7 Å². The van der Waals surface area contributed by atoms with Gasteiger partial charge in [-0.05, 0) is 50.5 Å². The molecular formula is C17H22N4O3. The number of carbonyl (C=O) groups is 1. The molecule has 7 heteroatoms. The molecule has 128 valence electrons. The predicted molar refractivity (Wildman–Crippen MR) is 93.4 cm³/mol. The molecule has 0 fully saturated rings. The Kier molecular flexibility index (Phi) is 6.53. The first-order valence-electron chi connectivity index (χ1n) is 7.57. The van der Waals surface area contributed by atoms with Crippen LogP contribution >= 0.6 is 0 Å². The SMILES string of the molecule is CN(C)C[C@H](O)COc1ccc(NC(=O)Nc2ccccn2)cc1. The Morgan fingerprint density at radius 3 is 2.58 bits per heavy atom. The molecule has 3 N–H and O–H groups in total. The molecule has 0 spiro atoms. The lowest BCUT2D eigenvalue weighted by molar-refractivity contribution is 0.0831. The van der Waals surface area contributed by atoms with E-state index in [1.807, 2.05) is 19.0 Å². The lowest BCUT2D eigenvalue weighted by atomic mass is 10.3. The van der Waals surface area contributed by atoms with E-state index >= 15 is 0 Å². The van der Waals surface area contributed by atoms with E-state index in [1.54, 1.807) is 48.7 Å². The van der Waals surface area contributed by atoms with Crippen molar-refractivity contribution in [2.24, 2.45) is 0 Å². The Balaban J connectivity index is 1.80. The van der Waals surface area contributed by atoms with Crippen molar-refractivity contribution in [3.8, 4) is 5.75 Å². The molecule has 0 aliphatic heterocycles. The number of aromatic nitrogens is 1. The van der Waals surface area contributed by atoms with Crippen molar-refractivity contribution in [3.63, 3.8) is 0 Å². The average Bonchev–Trinajstić information content (AvgIpc) is 2.54. The third kappa shape index (κ3) is 6.23. The fraction of sp³-hybridized carbons (Fsp3) is 0.294. The van der Waals surface area contributed by atoms with Crippen molar-refractivity contribution in [2.45, 2.75) is 6.10 Å². The molecule has 0 saturated heterocycles. The number of pyridine rings is 1. The summed E-state index contributed by atoms with van der Waals surface area (Å²) in [5.41, 5.74) is 0.629. The number of hydrogen-bond donors (Lipinski definition) is 3. The lowest BCUT2D eigenvalue weighted by Crippen LogP contribution is -2.30. The fourth-order valence-electron chi connectivity index (χ4n) is 2.02. The summed E-state index contributed by atoms with van der Waals surface area (Å²) in [6.07, 6.45) is 1.05. The van der Waals surface area contributed by atoms with E-state index in [4.69, 9.17) is 4.74 Å². The van der Waals surface area contributed by atoms with Gasteiger partial charge >= 0.3 is 6.03 Å². The number of rotatable bonds is 7. The molecule has 0 radical (unpaired) electrons. The van der Waals surface area contributed by atoms with Gasteiger partial charge in [0, 0.05) is 18.4 Å². The number of hydrogen-bond acceptors (Lipinski definition) is 5. The average molecular weight is 330 g/mol. The van der Waals surface area contributed by atoms with Gasteiger partial charge in [0.25, 0.3) is 0 Å². The molecule has 1 aromatic carbocycles. The number of urea groups is 1. The van der Waals surface area contributed by atoms with Crippen molar-refractivity contribution in [2.75, 3.05) is 37.9 Å². The number of ether oxygens (including phenoxy) is 1. The van der Waals surface area contributed by atoms with Crippen LogP contribution in [0.1, 0.15) is 0 Å². The molecule has 2 amide bonds. The smallest absolute Gasteiger partial charge is 0.324 e. The highest BCUT2D eigenvalue weighted by atomic mass is 16.5. The van der Waals surface area contributed by atoms with Crippen LogP contribution in [-0.2, 0) is 0 Å². The fourth-order valence-corrected chi connectivity index (χ4v) is 2.02. The summed E-state index contributed by atoms with van der Waals surface area (Å²) in [5, 5.41) is 15.1. The van der Waals surface area contributed by atoms with E-state index in [-0.39, 0.29) is 12.6 Å². The zero-order valence-electron chi connectivity index (χ0n) is 13.8. The highest BCUT2D eigenvalue weighted by Crippen LogP contribution is 2.16. The topological polar surface area (TPSA) is 86.7 Å².